The molecule has 4 nitrogen and oxygen atoms in total. The molecule has 5 heteroatoms. The van der Waals surface area contributed by atoms with Crippen LogP contribution in [0.5, 0.6) is 0 Å². The zero-order valence-corrected chi connectivity index (χ0v) is 13.9. The third-order valence-corrected chi connectivity index (χ3v) is 5.26. The lowest BCUT2D eigenvalue weighted by molar-refractivity contribution is 0.638. The second-order valence-corrected chi connectivity index (χ2v) is 7.04. The number of fused-ring (bicyclic) bond motifs is 1. The molecular formula is C16H20N4S. The van der Waals surface area contributed by atoms with E-state index in [9.17, 15) is 0 Å². The van der Waals surface area contributed by atoms with E-state index in [0.717, 1.165) is 11.0 Å². The zero-order chi connectivity index (χ0) is 15.3. The maximum Gasteiger partial charge on any atom is 0.146 e. The molecule has 0 aliphatic heterocycles. The van der Waals surface area contributed by atoms with E-state index in [1.807, 2.05) is 11.3 Å². The highest BCUT2D eigenvalue weighted by atomic mass is 32.1. The molecule has 0 aliphatic rings. The maximum atomic E-state index is 6.05. The summed E-state index contributed by atoms with van der Waals surface area (Å²) in [6, 6.07) is 2.51. The largest absolute Gasteiger partial charge is 0.383 e. The van der Waals surface area contributed by atoms with Gasteiger partial charge in [-0.3, -0.25) is 0 Å². The van der Waals surface area contributed by atoms with Gasteiger partial charge < -0.3 is 10.3 Å². The van der Waals surface area contributed by atoms with Crippen LogP contribution in [0.2, 0.25) is 0 Å². The molecule has 3 aromatic rings. The van der Waals surface area contributed by atoms with Crippen LogP contribution in [0, 0.1) is 27.7 Å². The van der Waals surface area contributed by atoms with Crippen molar-refractivity contribution in [1.29, 1.82) is 0 Å². The number of aromatic nitrogens is 3. The van der Waals surface area contributed by atoms with Gasteiger partial charge in [0.15, 0.2) is 0 Å². The highest BCUT2D eigenvalue weighted by Gasteiger charge is 2.21. The summed E-state index contributed by atoms with van der Waals surface area (Å²) < 4.78 is 2.28. The number of thiophene rings is 1. The fraction of sp³-hybridized carbons (Fsp3) is 0.375. The van der Waals surface area contributed by atoms with Crippen molar-refractivity contribution in [2.24, 2.45) is 0 Å². The van der Waals surface area contributed by atoms with E-state index in [1.165, 1.54) is 26.6 Å². The van der Waals surface area contributed by atoms with Gasteiger partial charge in [-0.05, 0) is 51.8 Å². The normalized spacial score (nSPS) is 13.0. The molecule has 0 saturated heterocycles. The molecule has 0 amide bonds. The Morgan fingerprint density at radius 1 is 1.19 bits per heavy atom. The number of nitrogen functional groups attached to an aromatic ring is 1. The third kappa shape index (κ3) is 2.03. The fourth-order valence-corrected chi connectivity index (χ4v) is 4.15. The summed E-state index contributed by atoms with van der Waals surface area (Å²) in [5.74, 6) is 0.560. The van der Waals surface area contributed by atoms with Crippen molar-refractivity contribution >= 4 is 28.2 Å². The van der Waals surface area contributed by atoms with Crippen molar-refractivity contribution in [3.8, 4) is 0 Å². The lowest BCUT2D eigenvalue weighted by atomic mass is 10.1. The van der Waals surface area contributed by atoms with Crippen molar-refractivity contribution in [2.45, 2.75) is 40.7 Å². The van der Waals surface area contributed by atoms with Gasteiger partial charge in [-0.1, -0.05) is 0 Å². The van der Waals surface area contributed by atoms with Gasteiger partial charge >= 0.3 is 0 Å². The van der Waals surface area contributed by atoms with Crippen molar-refractivity contribution in [2.75, 3.05) is 5.73 Å². The maximum absolute atomic E-state index is 6.05. The molecule has 2 N–H and O–H groups in total. The van der Waals surface area contributed by atoms with Gasteiger partial charge in [-0.15, -0.1) is 11.3 Å². The van der Waals surface area contributed by atoms with Gasteiger partial charge in [-0.2, -0.15) is 0 Å². The second-order valence-electron chi connectivity index (χ2n) is 5.58. The van der Waals surface area contributed by atoms with Crippen LogP contribution in [-0.2, 0) is 0 Å². The van der Waals surface area contributed by atoms with E-state index in [1.54, 1.807) is 6.33 Å². The molecule has 0 fully saturated rings. The molecule has 3 aromatic heterocycles. The minimum Gasteiger partial charge on any atom is -0.383 e. The standard InChI is InChI=1S/C16H20N4S/c1-8-6-13(12(5)21-8)11(4)20-10(3)9(2)14-15(17)18-7-19-16(14)20/h6-7,11H,1-5H3,(H2,17,18,19). The first-order valence-electron chi connectivity index (χ1n) is 7.06. The Morgan fingerprint density at radius 2 is 1.90 bits per heavy atom. The quantitative estimate of drug-likeness (QED) is 0.780. The van der Waals surface area contributed by atoms with Gasteiger partial charge in [0.2, 0.25) is 0 Å². The van der Waals surface area contributed by atoms with Crippen molar-refractivity contribution in [3.05, 3.63) is 39.0 Å². The summed E-state index contributed by atoms with van der Waals surface area (Å²) >= 11 is 1.84. The average Bonchev–Trinajstić information content (AvgIpc) is 2.89. The van der Waals surface area contributed by atoms with E-state index >= 15 is 0 Å². The van der Waals surface area contributed by atoms with E-state index in [0.29, 0.717) is 5.82 Å². The number of aryl methyl sites for hydroxylation is 3. The summed E-state index contributed by atoms with van der Waals surface area (Å²) in [4.78, 5) is 11.3. The molecule has 1 atom stereocenters. The van der Waals surface area contributed by atoms with Gasteiger partial charge in [0, 0.05) is 15.4 Å². The minimum atomic E-state index is 0.237. The van der Waals surface area contributed by atoms with Crippen LogP contribution in [0.3, 0.4) is 0 Å². The molecular weight excluding hydrogens is 280 g/mol. The molecule has 21 heavy (non-hydrogen) atoms. The lowest BCUT2D eigenvalue weighted by Gasteiger charge is -2.17. The molecule has 0 spiro atoms. The summed E-state index contributed by atoms with van der Waals surface area (Å²) in [7, 11) is 0. The zero-order valence-electron chi connectivity index (χ0n) is 13.1. The molecule has 3 heterocycles. The number of anilines is 1. The molecule has 110 valence electrons. The Labute approximate surface area is 128 Å². The van der Waals surface area contributed by atoms with Gasteiger partial charge in [0.1, 0.15) is 17.8 Å². The molecule has 0 aliphatic carbocycles. The minimum absolute atomic E-state index is 0.237. The van der Waals surface area contributed by atoms with Crippen molar-refractivity contribution in [3.63, 3.8) is 0 Å². The molecule has 0 saturated carbocycles. The monoisotopic (exact) mass is 300 g/mol. The number of hydrogen-bond donors (Lipinski definition) is 1. The average molecular weight is 300 g/mol. The Morgan fingerprint density at radius 3 is 2.52 bits per heavy atom. The summed E-state index contributed by atoms with van der Waals surface area (Å²) in [5.41, 5.74) is 10.7. The van der Waals surface area contributed by atoms with Crippen LogP contribution in [0.4, 0.5) is 5.82 Å². The Balaban J connectivity index is 2.28. The first kappa shape index (κ1) is 14.1. The van der Waals surface area contributed by atoms with Crippen LogP contribution in [-0.4, -0.2) is 14.5 Å². The second kappa shape index (κ2) is 4.84. The van der Waals surface area contributed by atoms with Gasteiger partial charge in [0.05, 0.1) is 11.4 Å². The van der Waals surface area contributed by atoms with E-state index in [-0.39, 0.29) is 6.04 Å². The smallest absolute Gasteiger partial charge is 0.146 e. The number of nitrogens with two attached hydrogens (primary N) is 1. The topological polar surface area (TPSA) is 56.7 Å². The number of nitrogens with zero attached hydrogens (tertiary/aromatic N) is 3. The number of rotatable bonds is 2. The third-order valence-electron chi connectivity index (χ3n) is 4.28. The highest BCUT2D eigenvalue weighted by molar-refractivity contribution is 7.12. The molecule has 0 aromatic carbocycles. The van der Waals surface area contributed by atoms with Crippen LogP contribution in [0.1, 0.15) is 39.5 Å². The molecule has 0 bridgehead atoms. The first-order chi connectivity index (χ1) is 9.91. The first-order valence-corrected chi connectivity index (χ1v) is 7.88. The Bertz CT molecular complexity index is 829. The Kier molecular flexibility index (Phi) is 3.24. The van der Waals surface area contributed by atoms with Crippen LogP contribution < -0.4 is 5.73 Å². The predicted octanol–water partition coefficient (Wildman–Crippen LogP) is 3.92. The molecule has 3 rings (SSSR count). The number of hydrogen-bond acceptors (Lipinski definition) is 4. The van der Waals surface area contributed by atoms with Crippen LogP contribution in [0.15, 0.2) is 12.4 Å². The summed E-state index contributed by atoms with van der Waals surface area (Å²) in [6.45, 7) is 10.8. The fourth-order valence-electron chi connectivity index (χ4n) is 3.13. The Hall–Kier alpha value is -1.88. The molecule has 1 unspecified atom stereocenters. The van der Waals surface area contributed by atoms with E-state index in [4.69, 9.17) is 5.73 Å². The van der Waals surface area contributed by atoms with Crippen LogP contribution in [0.25, 0.3) is 11.0 Å². The lowest BCUT2D eigenvalue weighted by Crippen LogP contribution is -2.09. The highest BCUT2D eigenvalue weighted by Crippen LogP contribution is 2.35. The summed E-state index contributed by atoms with van der Waals surface area (Å²) in [5, 5.41) is 0.978. The molecule has 0 radical (unpaired) electrons. The predicted molar refractivity (Wildman–Crippen MR) is 89.0 cm³/mol. The summed E-state index contributed by atoms with van der Waals surface area (Å²) in [6.07, 6.45) is 1.55. The van der Waals surface area contributed by atoms with Crippen LogP contribution >= 0.6 is 11.3 Å². The van der Waals surface area contributed by atoms with E-state index in [2.05, 4.69) is 55.2 Å². The van der Waals surface area contributed by atoms with Gasteiger partial charge in [0.25, 0.3) is 0 Å². The van der Waals surface area contributed by atoms with E-state index < -0.39 is 0 Å². The van der Waals surface area contributed by atoms with Crippen molar-refractivity contribution in [1.82, 2.24) is 14.5 Å². The van der Waals surface area contributed by atoms with Crippen molar-refractivity contribution < 1.29 is 0 Å². The SMILES string of the molecule is Cc1cc(C(C)n2c(C)c(C)c3c(N)ncnc32)c(C)s1. The van der Waals surface area contributed by atoms with Gasteiger partial charge in [-0.25, -0.2) is 9.97 Å².